The Balaban J connectivity index is 2.49. The number of hydrogen-bond acceptors (Lipinski definition) is 3. The van der Waals surface area contributed by atoms with Gasteiger partial charge in [-0.05, 0) is 6.92 Å². The normalized spacial score (nSPS) is 22.0. The summed E-state index contributed by atoms with van der Waals surface area (Å²) in [5.74, 6) is -0.101. The number of methoxy groups -OCH3 is 1. The molecule has 1 rings (SSSR count). The van der Waals surface area contributed by atoms with E-state index in [1.807, 2.05) is 0 Å². The highest BCUT2D eigenvalue weighted by Gasteiger charge is 2.28. The Morgan fingerprint density at radius 2 is 2.43 bits per heavy atom. The lowest BCUT2D eigenvalue weighted by atomic mass is 10.2. The van der Waals surface area contributed by atoms with Crippen LogP contribution in [0.25, 0.3) is 0 Å². The number of nitrogens with zero attached hydrogens (tertiary/aromatic N) is 1. The molecule has 0 radical (unpaired) electrons. The van der Waals surface area contributed by atoms with Gasteiger partial charge in [0.25, 0.3) is 0 Å². The highest BCUT2D eigenvalue weighted by molar-refractivity contribution is 5.88. The molecule has 0 saturated carbocycles. The monoisotopic (exact) mass is 200 g/mol. The highest BCUT2D eigenvalue weighted by Crippen LogP contribution is 2.05. The number of hydrogen-bond donors (Lipinski definition) is 1. The van der Waals surface area contributed by atoms with Gasteiger partial charge in [-0.2, -0.15) is 0 Å². The van der Waals surface area contributed by atoms with Gasteiger partial charge in [0.05, 0.1) is 13.0 Å². The smallest absolute Gasteiger partial charge is 0.242 e. The SMILES string of the molecule is COCCC(=O)N1CCNC(=O)C1C. The molecule has 1 aliphatic rings. The van der Waals surface area contributed by atoms with Crippen molar-refractivity contribution in [1.82, 2.24) is 10.2 Å². The summed E-state index contributed by atoms with van der Waals surface area (Å²) in [4.78, 5) is 24.4. The number of carbonyl (C=O) groups excluding carboxylic acids is 2. The van der Waals surface area contributed by atoms with Crippen LogP contribution in [0.1, 0.15) is 13.3 Å². The molecule has 5 heteroatoms. The van der Waals surface area contributed by atoms with Crippen molar-refractivity contribution >= 4 is 11.8 Å². The molecule has 2 amide bonds. The Kier molecular flexibility index (Phi) is 3.88. The van der Waals surface area contributed by atoms with E-state index in [0.717, 1.165) is 0 Å². The minimum atomic E-state index is -0.354. The lowest BCUT2D eigenvalue weighted by Crippen LogP contribution is -2.55. The average molecular weight is 200 g/mol. The lowest BCUT2D eigenvalue weighted by molar-refractivity contribution is -0.143. The van der Waals surface area contributed by atoms with Crippen molar-refractivity contribution < 1.29 is 14.3 Å². The third-order valence-corrected chi connectivity index (χ3v) is 2.34. The van der Waals surface area contributed by atoms with Crippen LogP contribution in [0.2, 0.25) is 0 Å². The van der Waals surface area contributed by atoms with Crippen LogP contribution in [0.5, 0.6) is 0 Å². The molecule has 1 unspecified atom stereocenters. The van der Waals surface area contributed by atoms with Crippen LogP contribution < -0.4 is 5.32 Å². The average Bonchev–Trinajstić information content (AvgIpc) is 2.18. The summed E-state index contributed by atoms with van der Waals surface area (Å²) in [6, 6.07) is -0.354. The topological polar surface area (TPSA) is 58.6 Å². The third-order valence-electron chi connectivity index (χ3n) is 2.34. The van der Waals surface area contributed by atoms with Crippen LogP contribution in [-0.4, -0.2) is 49.6 Å². The van der Waals surface area contributed by atoms with Crippen molar-refractivity contribution in [3.05, 3.63) is 0 Å². The Morgan fingerprint density at radius 1 is 1.71 bits per heavy atom. The van der Waals surface area contributed by atoms with Crippen molar-refractivity contribution in [3.8, 4) is 0 Å². The van der Waals surface area contributed by atoms with Crippen LogP contribution in [0.3, 0.4) is 0 Å². The fourth-order valence-electron chi connectivity index (χ4n) is 1.46. The first-order valence-electron chi connectivity index (χ1n) is 4.73. The number of carbonyl (C=O) groups is 2. The fraction of sp³-hybridized carbons (Fsp3) is 0.778. The molecule has 0 aromatic carbocycles. The molecular formula is C9H16N2O3. The molecule has 1 heterocycles. The molecule has 80 valence electrons. The molecule has 0 aromatic rings. The van der Waals surface area contributed by atoms with Gasteiger partial charge in [0, 0.05) is 20.2 Å². The summed E-state index contributed by atoms with van der Waals surface area (Å²) in [7, 11) is 1.56. The van der Waals surface area contributed by atoms with Crippen LogP contribution >= 0.6 is 0 Å². The molecule has 0 aromatic heterocycles. The molecule has 1 aliphatic heterocycles. The van der Waals surface area contributed by atoms with E-state index < -0.39 is 0 Å². The second-order valence-corrected chi connectivity index (χ2v) is 3.30. The van der Waals surface area contributed by atoms with E-state index in [1.54, 1.807) is 18.9 Å². The molecule has 1 N–H and O–H groups in total. The van der Waals surface area contributed by atoms with Crippen molar-refractivity contribution in [2.45, 2.75) is 19.4 Å². The number of rotatable bonds is 3. The summed E-state index contributed by atoms with van der Waals surface area (Å²) < 4.78 is 4.82. The molecule has 1 saturated heterocycles. The zero-order chi connectivity index (χ0) is 10.6. The first-order valence-corrected chi connectivity index (χ1v) is 4.73. The largest absolute Gasteiger partial charge is 0.384 e. The van der Waals surface area contributed by atoms with E-state index in [1.165, 1.54) is 0 Å². The van der Waals surface area contributed by atoms with Gasteiger partial charge >= 0.3 is 0 Å². The number of ether oxygens (including phenoxy) is 1. The van der Waals surface area contributed by atoms with Crippen LogP contribution in [0.15, 0.2) is 0 Å². The van der Waals surface area contributed by atoms with Gasteiger partial charge in [0.1, 0.15) is 6.04 Å². The number of nitrogens with one attached hydrogen (secondary N) is 1. The van der Waals surface area contributed by atoms with Gasteiger partial charge in [-0.1, -0.05) is 0 Å². The maximum Gasteiger partial charge on any atom is 0.242 e. The summed E-state index contributed by atoms with van der Waals surface area (Å²) >= 11 is 0. The maximum absolute atomic E-state index is 11.6. The Labute approximate surface area is 83.4 Å². The Morgan fingerprint density at radius 3 is 3.07 bits per heavy atom. The molecule has 1 fully saturated rings. The van der Waals surface area contributed by atoms with E-state index >= 15 is 0 Å². The zero-order valence-electron chi connectivity index (χ0n) is 8.58. The van der Waals surface area contributed by atoms with Gasteiger partial charge in [0.15, 0.2) is 0 Å². The highest BCUT2D eigenvalue weighted by atomic mass is 16.5. The van der Waals surface area contributed by atoms with Crippen molar-refractivity contribution in [1.29, 1.82) is 0 Å². The Hall–Kier alpha value is -1.10. The van der Waals surface area contributed by atoms with Crippen LogP contribution in [-0.2, 0) is 14.3 Å². The zero-order valence-corrected chi connectivity index (χ0v) is 8.58. The number of piperazine rings is 1. The quantitative estimate of drug-likeness (QED) is 0.660. The fourth-order valence-corrected chi connectivity index (χ4v) is 1.46. The second-order valence-electron chi connectivity index (χ2n) is 3.30. The molecule has 0 spiro atoms. The van der Waals surface area contributed by atoms with Gasteiger partial charge in [0.2, 0.25) is 11.8 Å². The molecule has 0 bridgehead atoms. The Bertz CT molecular complexity index is 230. The van der Waals surface area contributed by atoms with Crippen molar-refractivity contribution in [3.63, 3.8) is 0 Å². The molecule has 0 aliphatic carbocycles. The molecule has 14 heavy (non-hydrogen) atoms. The summed E-state index contributed by atoms with van der Waals surface area (Å²) in [5, 5.41) is 2.71. The van der Waals surface area contributed by atoms with E-state index in [4.69, 9.17) is 4.74 Å². The third kappa shape index (κ3) is 2.45. The van der Waals surface area contributed by atoms with E-state index in [9.17, 15) is 9.59 Å². The first-order chi connectivity index (χ1) is 6.66. The van der Waals surface area contributed by atoms with E-state index in [2.05, 4.69) is 5.32 Å². The number of amides is 2. The second kappa shape index (κ2) is 4.95. The summed E-state index contributed by atoms with van der Waals surface area (Å²) in [6.45, 7) is 3.28. The standard InChI is InChI=1S/C9H16N2O3/c1-7-9(13)10-4-5-11(7)8(12)3-6-14-2/h7H,3-6H2,1-2H3,(H,10,13). The molecule has 1 atom stereocenters. The summed E-state index contributed by atoms with van der Waals surface area (Å²) in [6.07, 6.45) is 0.341. The van der Waals surface area contributed by atoms with Crippen LogP contribution in [0.4, 0.5) is 0 Å². The lowest BCUT2D eigenvalue weighted by Gasteiger charge is -2.32. The van der Waals surface area contributed by atoms with Crippen molar-refractivity contribution in [2.24, 2.45) is 0 Å². The van der Waals surface area contributed by atoms with Gasteiger partial charge in [-0.25, -0.2) is 0 Å². The molecular weight excluding hydrogens is 184 g/mol. The van der Waals surface area contributed by atoms with Gasteiger partial charge in [-0.3, -0.25) is 9.59 Å². The van der Waals surface area contributed by atoms with E-state index in [-0.39, 0.29) is 17.9 Å². The predicted molar refractivity (Wildman–Crippen MR) is 50.7 cm³/mol. The predicted octanol–water partition coefficient (Wildman–Crippen LogP) is -0.630. The first kappa shape index (κ1) is 11.0. The van der Waals surface area contributed by atoms with E-state index in [0.29, 0.717) is 26.1 Å². The van der Waals surface area contributed by atoms with Crippen molar-refractivity contribution in [2.75, 3.05) is 26.8 Å². The minimum Gasteiger partial charge on any atom is -0.384 e. The maximum atomic E-state index is 11.6. The molecule has 5 nitrogen and oxygen atoms in total. The van der Waals surface area contributed by atoms with Crippen LogP contribution in [0, 0.1) is 0 Å². The summed E-state index contributed by atoms with van der Waals surface area (Å²) in [5.41, 5.74) is 0. The minimum absolute atomic E-state index is 0.0193. The van der Waals surface area contributed by atoms with Gasteiger partial charge < -0.3 is 15.0 Å². The van der Waals surface area contributed by atoms with Gasteiger partial charge in [-0.15, -0.1) is 0 Å².